The average molecular weight is 350 g/mol. The maximum Gasteiger partial charge on any atom is 0.317 e. The lowest BCUT2D eigenvalue weighted by Gasteiger charge is -2.52. The van der Waals surface area contributed by atoms with Crippen molar-refractivity contribution in [2.75, 3.05) is 39.3 Å². The standard InChI is InChI=1S/C18H27N3O2S/c22-17(21-7-1-2-8-21)19-10-15-5-6-18(23-12-15)13-20(14-18)11-16-4-3-9-24-16/h3-4,9,15H,1-2,5-8,10-14H2,(H,19,22). The third kappa shape index (κ3) is 3.60. The normalized spacial score (nSPS) is 26.5. The van der Waals surface area contributed by atoms with E-state index in [1.807, 2.05) is 16.2 Å². The van der Waals surface area contributed by atoms with E-state index in [4.69, 9.17) is 4.74 Å². The number of nitrogens with zero attached hydrogens (tertiary/aromatic N) is 2. The number of carbonyl (C=O) groups excluding carboxylic acids is 1. The van der Waals surface area contributed by atoms with Crippen LogP contribution in [0, 0.1) is 5.92 Å². The lowest BCUT2D eigenvalue weighted by molar-refractivity contribution is -0.181. The molecule has 1 unspecified atom stereocenters. The molecular weight excluding hydrogens is 322 g/mol. The van der Waals surface area contributed by atoms with Crippen LogP contribution in [0.3, 0.4) is 0 Å². The van der Waals surface area contributed by atoms with Crippen LogP contribution in [0.2, 0.25) is 0 Å². The molecule has 1 aromatic heterocycles. The van der Waals surface area contributed by atoms with Crippen molar-refractivity contribution in [2.45, 2.75) is 37.8 Å². The first-order valence-corrected chi connectivity index (χ1v) is 10.0. The quantitative estimate of drug-likeness (QED) is 0.908. The zero-order valence-electron chi connectivity index (χ0n) is 14.2. The average Bonchev–Trinajstić information content (AvgIpc) is 3.26. The first-order chi connectivity index (χ1) is 11.7. The Bertz CT molecular complexity index is 541. The smallest absolute Gasteiger partial charge is 0.317 e. The van der Waals surface area contributed by atoms with E-state index in [0.717, 1.165) is 71.6 Å². The van der Waals surface area contributed by atoms with Crippen LogP contribution in [-0.4, -0.2) is 60.8 Å². The molecule has 24 heavy (non-hydrogen) atoms. The van der Waals surface area contributed by atoms with Gasteiger partial charge in [0.1, 0.15) is 0 Å². The van der Waals surface area contributed by atoms with Crippen LogP contribution in [0.5, 0.6) is 0 Å². The number of urea groups is 1. The van der Waals surface area contributed by atoms with E-state index in [9.17, 15) is 4.79 Å². The fourth-order valence-electron chi connectivity index (χ4n) is 4.09. The summed E-state index contributed by atoms with van der Waals surface area (Å²) in [5, 5.41) is 5.24. The summed E-state index contributed by atoms with van der Waals surface area (Å²) in [4.78, 5) is 17.9. The van der Waals surface area contributed by atoms with E-state index in [2.05, 4.69) is 27.7 Å². The minimum Gasteiger partial charge on any atom is -0.372 e. The number of rotatable bonds is 4. The largest absolute Gasteiger partial charge is 0.372 e. The number of thiophene rings is 1. The van der Waals surface area contributed by atoms with Gasteiger partial charge in [-0.3, -0.25) is 4.90 Å². The van der Waals surface area contributed by atoms with Gasteiger partial charge in [-0.05, 0) is 43.0 Å². The maximum atomic E-state index is 12.0. The summed E-state index contributed by atoms with van der Waals surface area (Å²) >= 11 is 1.83. The monoisotopic (exact) mass is 349 g/mol. The van der Waals surface area contributed by atoms with Crippen LogP contribution < -0.4 is 5.32 Å². The Morgan fingerprint density at radius 1 is 1.38 bits per heavy atom. The zero-order chi connectivity index (χ0) is 16.4. The molecule has 0 bridgehead atoms. The van der Waals surface area contributed by atoms with E-state index in [0.29, 0.717) is 5.92 Å². The van der Waals surface area contributed by atoms with Crippen molar-refractivity contribution in [2.24, 2.45) is 5.92 Å². The molecule has 2 amide bonds. The van der Waals surface area contributed by atoms with Crippen LogP contribution in [0.1, 0.15) is 30.6 Å². The van der Waals surface area contributed by atoms with Crippen molar-refractivity contribution < 1.29 is 9.53 Å². The summed E-state index contributed by atoms with van der Waals surface area (Å²) in [5.74, 6) is 0.466. The van der Waals surface area contributed by atoms with Gasteiger partial charge in [-0.15, -0.1) is 11.3 Å². The second kappa shape index (κ2) is 7.02. The molecule has 5 nitrogen and oxygen atoms in total. The van der Waals surface area contributed by atoms with E-state index < -0.39 is 0 Å². The van der Waals surface area contributed by atoms with Crippen molar-refractivity contribution in [3.63, 3.8) is 0 Å². The Morgan fingerprint density at radius 2 is 2.21 bits per heavy atom. The fraction of sp³-hybridized carbons (Fsp3) is 0.722. The van der Waals surface area contributed by atoms with Crippen molar-refractivity contribution in [1.82, 2.24) is 15.1 Å². The summed E-state index contributed by atoms with van der Waals surface area (Å²) in [7, 11) is 0. The van der Waals surface area contributed by atoms with Crippen LogP contribution in [0.25, 0.3) is 0 Å². The third-order valence-corrected chi connectivity index (χ3v) is 6.41. The lowest BCUT2D eigenvalue weighted by atomic mass is 9.83. The third-order valence-electron chi connectivity index (χ3n) is 5.55. The molecule has 1 N–H and O–H groups in total. The summed E-state index contributed by atoms with van der Waals surface area (Å²) in [6, 6.07) is 4.43. The molecule has 1 atom stereocenters. The molecule has 6 heteroatoms. The molecule has 4 rings (SSSR count). The van der Waals surface area contributed by atoms with Crippen LogP contribution >= 0.6 is 11.3 Å². The Kier molecular flexibility index (Phi) is 4.79. The van der Waals surface area contributed by atoms with Gasteiger partial charge in [-0.1, -0.05) is 6.07 Å². The molecule has 0 saturated carbocycles. The molecule has 0 aromatic carbocycles. The molecule has 0 radical (unpaired) electrons. The molecular formula is C18H27N3O2S. The predicted octanol–water partition coefficient (Wildman–Crippen LogP) is 2.53. The predicted molar refractivity (Wildman–Crippen MR) is 95.2 cm³/mol. The van der Waals surface area contributed by atoms with E-state index in [1.165, 1.54) is 4.88 Å². The highest BCUT2D eigenvalue weighted by Gasteiger charge is 2.46. The Morgan fingerprint density at radius 3 is 2.88 bits per heavy atom. The summed E-state index contributed by atoms with van der Waals surface area (Å²) in [6.07, 6.45) is 4.57. The number of carbonyl (C=O) groups is 1. The van der Waals surface area contributed by atoms with Gasteiger partial charge in [-0.2, -0.15) is 0 Å². The highest BCUT2D eigenvalue weighted by Crippen LogP contribution is 2.36. The highest BCUT2D eigenvalue weighted by atomic mass is 32.1. The summed E-state index contributed by atoms with van der Waals surface area (Å²) < 4.78 is 6.22. The van der Waals surface area contributed by atoms with Gasteiger partial charge >= 0.3 is 6.03 Å². The number of hydrogen-bond acceptors (Lipinski definition) is 4. The molecule has 3 fully saturated rings. The SMILES string of the molecule is O=C(NCC1CCC2(CN(Cc3cccs3)C2)OC1)N1CCCC1. The first kappa shape index (κ1) is 16.4. The van der Waals surface area contributed by atoms with Gasteiger partial charge in [0.05, 0.1) is 12.2 Å². The Balaban J connectivity index is 1.16. The van der Waals surface area contributed by atoms with Crippen LogP contribution in [0.4, 0.5) is 4.79 Å². The van der Waals surface area contributed by atoms with E-state index in [-0.39, 0.29) is 11.6 Å². The molecule has 3 aliphatic rings. The molecule has 132 valence electrons. The maximum absolute atomic E-state index is 12.0. The van der Waals surface area contributed by atoms with Gasteiger partial charge in [0.25, 0.3) is 0 Å². The second-order valence-electron chi connectivity index (χ2n) is 7.50. The van der Waals surface area contributed by atoms with Crippen molar-refractivity contribution >= 4 is 17.4 Å². The van der Waals surface area contributed by atoms with Crippen molar-refractivity contribution in [3.05, 3.63) is 22.4 Å². The number of likely N-dealkylation sites (tertiary alicyclic amines) is 2. The van der Waals surface area contributed by atoms with Gasteiger partial charge in [0.15, 0.2) is 0 Å². The Hall–Kier alpha value is -1.11. The Labute approximate surface area is 148 Å². The minimum atomic E-state index is 0.0900. The van der Waals surface area contributed by atoms with Gasteiger partial charge in [0.2, 0.25) is 0 Å². The second-order valence-corrected chi connectivity index (χ2v) is 8.54. The minimum absolute atomic E-state index is 0.0900. The van der Waals surface area contributed by atoms with Gasteiger partial charge in [-0.25, -0.2) is 4.79 Å². The van der Waals surface area contributed by atoms with E-state index >= 15 is 0 Å². The molecule has 1 spiro atoms. The highest BCUT2D eigenvalue weighted by molar-refractivity contribution is 7.09. The molecule has 4 heterocycles. The van der Waals surface area contributed by atoms with Gasteiger partial charge < -0.3 is 15.0 Å². The summed E-state index contributed by atoms with van der Waals surface area (Å²) in [5.41, 5.74) is 0.0900. The summed E-state index contributed by atoms with van der Waals surface area (Å²) in [6.45, 7) is 6.53. The molecule has 3 saturated heterocycles. The number of ether oxygens (including phenoxy) is 1. The zero-order valence-corrected chi connectivity index (χ0v) is 15.0. The number of amides is 2. The fourth-order valence-corrected chi connectivity index (χ4v) is 4.84. The van der Waals surface area contributed by atoms with E-state index in [1.54, 1.807) is 0 Å². The van der Waals surface area contributed by atoms with Crippen LogP contribution in [-0.2, 0) is 11.3 Å². The van der Waals surface area contributed by atoms with Crippen molar-refractivity contribution in [3.8, 4) is 0 Å². The molecule has 3 aliphatic heterocycles. The van der Waals surface area contributed by atoms with Crippen LogP contribution in [0.15, 0.2) is 17.5 Å². The van der Waals surface area contributed by atoms with Gasteiger partial charge in [0, 0.05) is 44.1 Å². The number of nitrogens with one attached hydrogen (secondary N) is 1. The topological polar surface area (TPSA) is 44.8 Å². The lowest BCUT2D eigenvalue weighted by Crippen LogP contribution is -2.64. The number of hydrogen-bond donors (Lipinski definition) is 1. The molecule has 0 aliphatic carbocycles. The molecule has 1 aromatic rings. The first-order valence-electron chi connectivity index (χ1n) is 9.14. The van der Waals surface area contributed by atoms with Crippen molar-refractivity contribution in [1.29, 1.82) is 0 Å².